The third-order valence-corrected chi connectivity index (χ3v) is 2.98. The molecule has 0 fully saturated rings. The van der Waals surface area contributed by atoms with Crippen LogP contribution in [0.1, 0.15) is 22.0 Å². The number of rotatable bonds is 3. The van der Waals surface area contributed by atoms with Gasteiger partial charge in [-0.1, -0.05) is 12.1 Å². The number of hydrogen-bond acceptors (Lipinski definition) is 6. The number of halogens is 3. The second-order valence-corrected chi connectivity index (χ2v) is 4.72. The van der Waals surface area contributed by atoms with E-state index in [0.29, 0.717) is 16.6 Å². The molecule has 1 amide bonds. The molecule has 0 saturated heterocycles. The predicted molar refractivity (Wildman–Crippen MR) is 75.5 cm³/mol. The molecule has 0 aliphatic rings. The summed E-state index contributed by atoms with van der Waals surface area (Å²) < 4.78 is 37.1. The predicted octanol–water partition coefficient (Wildman–Crippen LogP) is 1.76. The fourth-order valence-corrected chi connectivity index (χ4v) is 1.83. The van der Waals surface area contributed by atoms with Gasteiger partial charge in [0.15, 0.2) is 0 Å². The third kappa shape index (κ3) is 3.42. The first-order chi connectivity index (χ1) is 11.4. The van der Waals surface area contributed by atoms with Crippen molar-refractivity contribution in [3.8, 4) is 0 Å². The summed E-state index contributed by atoms with van der Waals surface area (Å²) in [6, 6.07) is 6.91. The summed E-state index contributed by atoms with van der Waals surface area (Å²) >= 11 is 0. The number of nitrogens with zero attached hydrogens (tertiary/aromatic N) is 5. The third-order valence-electron chi connectivity index (χ3n) is 2.98. The van der Waals surface area contributed by atoms with Crippen molar-refractivity contribution in [2.75, 3.05) is 0 Å². The van der Waals surface area contributed by atoms with Crippen molar-refractivity contribution in [3.63, 3.8) is 0 Å². The zero-order valence-electron chi connectivity index (χ0n) is 11.9. The van der Waals surface area contributed by atoms with Crippen LogP contribution in [-0.2, 0) is 12.7 Å². The van der Waals surface area contributed by atoms with Gasteiger partial charge in [0.2, 0.25) is 11.6 Å². The number of carbonyl (C=O) groups excluding carboxylic acids is 1. The summed E-state index contributed by atoms with van der Waals surface area (Å²) in [7, 11) is 0. The van der Waals surface area contributed by atoms with E-state index in [-0.39, 0.29) is 12.4 Å². The number of fused-ring (bicyclic) bond motifs is 1. The highest BCUT2D eigenvalue weighted by molar-refractivity contribution is 5.91. The second-order valence-electron chi connectivity index (χ2n) is 4.72. The van der Waals surface area contributed by atoms with Crippen molar-refractivity contribution in [2.24, 2.45) is 0 Å². The molecule has 0 bridgehead atoms. The molecule has 3 aromatic rings. The second kappa shape index (κ2) is 6.14. The molecule has 10 heteroatoms. The van der Waals surface area contributed by atoms with Gasteiger partial charge in [-0.25, -0.2) is 15.0 Å². The molecule has 0 atom stereocenters. The van der Waals surface area contributed by atoms with E-state index in [9.17, 15) is 18.0 Å². The highest BCUT2D eigenvalue weighted by Gasteiger charge is 2.34. The Morgan fingerprint density at radius 3 is 2.38 bits per heavy atom. The van der Waals surface area contributed by atoms with Crippen LogP contribution in [0, 0.1) is 0 Å². The minimum Gasteiger partial charge on any atom is -0.345 e. The molecule has 0 aliphatic heterocycles. The Kier molecular flexibility index (Phi) is 4.02. The van der Waals surface area contributed by atoms with Gasteiger partial charge in [-0.2, -0.15) is 13.2 Å². The van der Waals surface area contributed by atoms with E-state index >= 15 is 0 Å². The Morgan fingerprint density at radius 2 is 1.71 bits per heavy atom. The van der Waals surface area contributed by atoms with Gasteiger partial charge in [0.05, 0.1) is 5.52 Å². The van der Waals surface area contributed by atoms with Gasteiger partial charge in [0.1, 0.15) is 5.52 Å². The monoisotopic (exact) mass is 334 g/mol. The number of alkyl halides is 3. The lowest BCUT2D eigenvalue weighted by molar-refractivity contribution is -0.145. The first kappa shape index (κ1) is 15.7. The van der Waals surface area contributed by atoms with E-state index < -0.39 is 17.9 Å². The van der Waals surface area contributed by atoms with Crippen molar-refractivity contribution >= 4 is 16.9 Å². The largest absolute Gasteiger partial charge is 0.451 e. The molecule has 1 aromatic carbocycles. The molecule has 2 heterocycles. The normalized spacial score (nSPS) is 11.5. The average molecular weight is 334 g/mol. The molecule has 0 unspecified atom stereocenters. The van der Waals surface area contributed by atoms with Crippen molar-refractivity contribution < 1.29 is 18.0 Å². The Bertz CT molecular complexity index is 882. The molecule has 0 spiro atoms. The van der Waals surface area contributed by atoms with Crippen LogP contribution in [0.25, 0.3) is 11.0 Å². The number of benzene rings is 1. The SMILES string of the molecule is O=C(NCc1cnc(C(F)(F)F)nc1)c1nnc2ccccc2n1. The van der Waals surface area contributed by atoms with E-state index in [1.54, 1.807) is 24.3 Å². The van der Waals surface area contributed by atoms with Crippen LogP contribution >= 0.6 is 0 Å². The van der Waals surface area contributed by atoms with Gasteiger partial charge in [-0.05, 0) is 12.1 Å². The molecular formula is C14H9F3N6O. The smallest absolute Gasteiger partial charge is 0.345 e. The summed E-state index contributed by atoms with van der Waals surface area (Å²) in [5.74, 6) is -1.98. The highest BCUT2D eigenvalue weighted by atomic mass is 19.4. The minimum absolute atomic E-state index is 0.0623. The topological polar surface area (TPSA) is 93.6 Å². The van der Waals surface area contributed by atoms with Crippen LogP contribution in [-0.4, -0.2) is 31.1 Å². The molecule has 0 radical (unpaired) electrons. The van der Waals surface area contributed by atoms with Crippen LogP contribution in [0.2, 0.25) is 0 Å². The number of amides is 1. The first-order valence-corrected chi connectivity index (χ1v) is 6.69. The van der Waals surface area contributed by atoms with Crippen LogP contribution in [0.15, 0.2) is 36.7 Å². The van der Waals surface area contributed by atoms with E-state index in [2.05, 4.69) is 30.5 Å². The number of aromatic nitrogens is 5. The molecule has 0 aliphatic carbocycles. The standard InChI is InChI=1S/C14H9F3N6O/c15-14(16,17)13-19-6-8(7-20-13)5-18-12(24)11-21-9-3-1-2-4-10(9)22-23-11/h1-4,6-7H,5H2,(H,18,24). The summed E-state index contributed by atoms with van der Waals surface area (Å²) in [5.41, 5.74) is 1.37. The summed E-state index contributed by atoms with van der Waals surface area (Å²) in [6.07, 6.45) is -2.61. The summed E-state index contributed by atoms with van der Waals surface area (Å²) in [5, 5.41) is 10.1. The number of nitrogens with one attached hydrogen (secondary N) is 1. The highest BCUT2D eigenvalue weighted by Crippen LogP contribution is 2.25. The maximum atomic E-state index is 12.4. The molecule has 122 valence electrons. The zero-order valence-corrected chi connectivity index (χ0v) is 11.9. The molecular weight excluding hydrogens is 325 g/mol. The Hall–Kier alpha value is -3.17. The van der Waals surface area contributed by atoms with Crippen LogP contribution < -0.4 is 5.32 Å². The van der Waals surface area contributed by atoms with Gasteiger partial charge in [-0.3, -0.25) is 4.79 Å². The molecule has 7 nitrogen and oxygen atoms in total. The van der Waals surface area contributed by atoms with Crippen LogP contribution in [0.3, 0.4) is 0 Å². The van der Waals surface area contributed by atoms with E-state index in [1.807, 2.05) is 0 Å². The Labute approximate surface area is 133 Å². The summed E-state index contributed by atoms with van der Waals surface area (Å²) in [4.78, 5) is 22.5. The van der Waals surface area contributed by atoms with Crippen molar-refractivity contribution in [1.29, 1.82) is 0 Å². The quantitative estimate of drug-likeness (QED) is 0.784. The first-order valence-electron chi connectivity index (χ1n) is 6.69. The average Bonchev–Trinajstić information content (AvgIpc) is 2.59. The van der Waals surface area contributed by atoms with Crippen LogP contribution in [0.4, 0.5) is 13.2 Å². The lowest BCUT2D eigenvalue weighted by atomic mass is 10.3. The van der Waals surface area contributed by atoms with Crippen molar-refractivity contribution in [2.45, 2.75) is 12.7 Å². The van der Waals surface area contributed by atoms with Crippen molar-refractivity contribution in [1.82, 2.24) is 30.5 Å². The van der Waals surface area contributed by atoms with Crippen LogP contribution in [0.5, 0.6) is 0 Å². The Morgan fingerprint density at radius 1 is 1.04 bits per heavy atom. The molecule has 1 N–H and O–H groups in total. The number of para-hydroxylation sites is 1. The zero-order chi connectivity index (χ0) is 17.2. The van der Waals surface area contributed by atoms with Gasteiger partial charge >= 0.3 is 6.18 Å². The molecule has 2 aromatic heterocycles. The Balaban J connectivity index is 1.68. The van der Waals surface area contributed by atoms with E-state index in [1.165, 1.54) is 0 Å². The van der Waals surface area contributed by atoms with E-state index in [0.717, 1.165) is 12.4 Å². The maximum Gasteiger partial charge on any atom is 0.451 e. The number of carbonyl (C=O) groups is 1. The summed E-state index contributed by atoms with van der Waals surface area (Å²) in [6.45, 7) is -0.0623. The minimum atomic E-state index is -4.60. The molecule has 3 rings (SSSR count). The fourth-order valence-electron chi connectivity index (χ4n) is 1.83. The van der Waals surface area contributed by atoms with Gasteiger partial charge in [0, 0.05) is 24.5 Å². The maximum absolute atomic E-state index is 12.4. The number of hydrogen-bond donors (Lipinski definition) is 1. The molecule has 24 heavy (non-hydrogen) atoms. The van der Waals surface area contributed by atoms with Gasteiger partial charge in [0.25, 0.3) is 5.91 Å². The van der Waals surface area contributed by atoms with Gasteiger partial charge < -0.3 is 5.32 Å². The fraction of sp³-hybridized carbons (Fsp3) is 0.143. The van der Waals surface area contributed by atoms with E-state index in [4.69, 9.17) is 0 Å². The molecule has 0 saturated carbocycles. The lowest BCUT2D eigenvalue weighted by Gasteiger charge is -2.06. The lowest BCUT2D eigenvalue weighted by Crippen LogP contribution is -2.25. The van der Waals surface area contributed by atoms with Gasteiger partial charge in [-0.15, -0.1) is 10.2 Å². The van der Waals surface area contributed by atoms with Crippen molar-refractivity contribution in [3.05, 3.63) is 53.9 Å².